The molecule has 4 aromatic heterocycles. The number of cyclic esters (lactones) is 1. The van der Waals surface area contributed by atoms with E-state index in [0.717, 1.165) is 67.8 Å². The number of halogens is 3. The Balaban J connectivity index is 0.000000386. The zero-order valence-electron chi connectivity index (χ0n) is 84.8. The Morgan fingerprint density at radius 3 is 1.53 bits per heavy atom. The number of esters is 1. The number of azide groups is 1. The van der Waals surface area contributed by atoms with Gasteiger partial charge in [0, 0.05) is 129 Å². The van der Waals surface area contributed by atoms with Gasteiger partial charge in [0.2, 0.25) is 23.6 Å². The first-order valence-electron chi connectivity index (χ1n) is 46.6. The molecule has 0 bridgehead atoms. The number of nitrogens with one attached hydrogen (secondary N) is 1. The number of likely N-dealkylation sites (N-methyl/N-ethyl adjacent to an activating group) is 2. The number of methoxy groups -OCH3 is 1. The number of ether oxygens (including phenoxy) is 6. The van der Waals surface area contributed by atoms with Gasteiger partial charge in [-0.25, -0.2) is 19.0 Å². The number of nitrogen functional groups attached to an aromatic ring is 1. The number of thiocarbonyl (C=S) groups is 1. The van der Waals surface area contributed by atoms with Crippen molar-refractivity contribution < 1.29 is 108 Å². The zero-order valence-corrected chi connectivity index (χ0v) is 92.7. The number of aliphatic hydroxyl groups is 5. The van der Waals surface area contributed by atoms with E-state index in [0.29, 0.717) is 53.1 Å². The van der Waals surface area contributed by atoms with Crippen molar-refractivity contribution >= 4 is 129 Å². The molecule has 0 spiro atoms. The van der Waals surface area contributed by atoms with Crippen LogP contribution in [0.1, 0.15) is 145 Å². The number of Topliss-reactive ketones (excluding diaryl/α,β-unsaturated/α-hetero) is 1. The average Bonchev–Trinajstić information content (AvgIpc) is 1.25. The van der Waals surface area contributed by atoms with Gasteiger partial charge < -0.3 is 106 Å². The standard InChI is InChI=1S/C37H70N2O12.C14H13BrN4S.C10H10N4O.C10H10N4S.C8H8N4O.C8H8N2O3.C8H10N2O.C4H6Br2O.CH3.Pd/c1-14-26-37(10,45)30(41)23(6)39(12)18-19(2)16-35(8,44)32(51-34-28(40)25(38-11)15-20(3)47-34)21(4)29(22(5)33(43)49-26)50-27-17-36(9,46-13)31(42)24(7)48-27;15-6-5-12-10-20-14(17-12)9-11-1-3-13(4-2-11)19-8-7-16-18-19;2*11-10(15)7-8-1-3-9(4-2-8)14-6-5-12-13-14;9-8(13)5-6-1-3-7(4-2-6)11-12-10;9-8(11)5-6-1-3-7(4-2-6)10(12)13;9-7-3-1-6(2-4-7)5-8(10)11;5-2-1-4(7)3-6;;/h19-32,34,38,40-42,44-45H,14-18H2,1-13H3;1-4,7-8,10H,5-6,9H2;2*1-6H,7H2,(H2,11,15);1-4H,5H2,(H2,9,13);1-4H,5H2,(H2,9,11);1-4H,5,9H2,(H2,10,11);1-3H2;1H3;/q;;;;;;;;-1;/t19-,20-,21+,22-,23-,24+,25+,26-,27+,28-,29+,30-,31+,32-,34+,35-,36-,37-;;;;;;;;;/m1........./s1. The van der Waals surface area contributed by atoms with Crippen LogP contribution in [0, 0.1) is 35.3 Å². The van der Waals surface area contributed by atoms with E-state index in [1.807, 2.05) is 87.4 Å². The molecule has 147 heavy (non-hydrogen) atoms. The molecule has 10 aromatic rings. The molecule has 18 N–H and O–H groups in total. The van der Waals surface area contributed by atoms with Gasteiger partial charge in [-0.3, -0.25) is 38.9 Å². The second-order valence-corrected chi connectivity index (χ2v) is 39.4. The molecule has 0 saturated carbocycles. The van der Waals surface area contributed by atoms with E-state index >= 15 is 0 Å². The molecule has 0 aliphatic carbocycles. The number of anilines is 1. The van der Waals surface area contributed by atoms with Gasteiger partial charge >= 0.3 is 5.97 Å². The maximum atomic E-state index is 14.2. The number of aryl methyl sites for hydroxylation is 1. The monoisotopic (exact) mass is 2360 g/mol. The normalized spacial score (nSPS) is 23.7. The molecule has 6 aromatic carbocycles. The molecule has 13 rings (SSSR count). The number of ketones is 1. The summed E-state index contributed by atoms with van der Waals surface area (Å²) in [7, 11) is 5.10. The number of non-ortho nitro benzene ring substituents is 1. The summed E-state index contributed by atoms with van der Waals surface area (Å²) in [6, 6.07) is 42.3. The maximum Gasteiger partial charge on any atom is 0.311 e. The van der Waals surface area contributed by atoms with Crippen LogP contribution in [-0.2, 0) is 123 Å². The van der Waals surface area contributed by atoms with Crippen LogP contribution in [0.4, 0.5) is 17.1 Å². The Morgan fingerprint density at radius 1 is 0.673 bits per heavy atom. The van der Waals surface area contributed by atoms with Crippen molar-refractivity contribution in [3.63, 3.8) is 0 Å². The largest absolute Gasteiger partial charge is 0.459 e. The molecule has 0 radical (unpaired) electrons. The number of carbonyl (C=O) groups is 6. The molecule has 18 atom stereocenters. The predicted octanol–water partition coefficient (Wildman–Crippen LogP) is 11.0. The van der Waals surface area contributed by atoms with E-state index in [-0.39, 0.29) is 120 Å². The van der Waals surface area contributed by atoms with Gasteiger partial charge in [-0.05, 0) is 175 Å². The fourth-order valence-electron chi connectivity index (χ4n) is 16.0. The van der Waals surface area contributed by atoms with Crippen LogP contribution in [0.5, 0.6) is 0 Å². The molecule has 3 fully saturated rings. The number of thiazole rings is 1. The number of rotatable bonds is 29. The molecule has 806 valence electrons. The molecule has 47 heteroatoms. The number of nitrogens with zero attached hydrogens (tertiary/aromatic N) is 15. The average molecular weight is 2360 g/mol. The van der Waals surface area contributed by atoms with Crippen molar-refractivity contribution in [3.8, 4) is 17.1 Å². The van der Waals surface area contributed by atoms with Gasteiger partial charge in [-0.1, -0.05) is 186 Å². The Morgan fingerprint density at radius 2 is 1.13 bits per heavy atom. The minimum Gasteiger partial charge on any atom is -0.459 e. The topological polar surface area (TPSA) is 627 Å². The van der Waals surface area contributed by atoms with E-state index in [4.69, 9.17) is 80.6 Å². The van der Waals surface area contributed by atoms with E-state index in [9.17, 15) is 64.4 Å². The quantitative estimate of drug-likeness (QED) is 0.00177. The third-order valence-electron chi connectivity index (χ3n) is 23.8. The van der Waals surface area contributed by atoms with Crippen LogP contribution in [0.3, 0.4) is 0 Å². The number of aliphatic hydroxyl groups excluding tert-OH is 3. The minimum atomic E-state index is -1.80. The number of benzene rings is 6. The second-order valence-electron chi connectivity index (χ2n) is 35.8. The number of hydrogen-bond acceptors (Lipinski definition) is 32. The van der Waals surface area contributed by atoms with Crippen LogP contribution in [0.15, 0.2) is 193 Å². The van der Waals surface area contributed by atoms with Crippen LogP contribution >= 0.6 is 71.3 Å². The first-order chi connectivity index (χ1) is 68.7. The Bertz CT molecular complexity index is 5500. The number of nitro groups is 1. The maximum absolute atomic E-state index is 14.2. The smallest absolute Gasteiger partial charge is 0.311 e. The summed E-state index contributed by atoms with van der Waals surface area (Å²) in [4.78, 5) is 86.0. The molecule has 41 nitrogen and oxygen atoms in total. The summed E-state index contributed by atoms with van der Waals surface area (Å²) in [5.74, 6) is -3.82. The van der Waals surface area contributed by atoms with Crippen LogP contribution in [0.2, 0.25) is 0 Å². The van der Waals surface area contributed by atoms with Crippen LogP contribution < -0.4 is 39.7 Å². The van der Waals surface area contributed by atoms with Crippen molar-refractivity contribution in [3.05, 3.63) is 260 Å². The first kappa shape index (κ1) is 129. The number of primary amides is 4. The molecule has 3 aliphatic rings. The number of aromatic nitrogens is 10. The summed E-state index contributed by atoms with van der Waals surface area (Å²) in [6.07, 6.45) is 6.05. The second kappa shape index (κ2) is 64.7. The van der Waals surface area contributed by atoms with E-state index in [2.05, 4.69) is 129 Å². The fourth-order valence-corrected chi connectivity index (χ4v) is 18.1. The predicted molar refractivity (Wildman–Crippen MR) is 571 cm³/mol. The SMILES string of the molecule is BrCCc1csc(Cc2ccc(-n3ccnn3)cc2)n1.CC[C@H]1OC(=O)[C@H](C)[C@@H](O[C@H]2C[C@@](C)(OC)[C@@H](O)[C@H](C)O2)[C@H](C)[C@@H](O[C@@H]2O[C@H](C)C[C@H](NC)[C@H]2O)[C@](C)(O)C[C@@H](C)CN(C)[C@H](C)[C@@H](O)[C@]1(C)O.NC(=O)Cc1ccc(-n2ccnn2)cc1.NC(=O)Cc1ccc(N)cc1.NC(=O)Cc1ccc([N+](=O)[O-])cc1.NC(=S)Cc1ccc(-n2ccnn2)cc1.O=C(CBr)CCBr.[CH3-].[N-]=[N+]=Nc1ccc(CC(N)=O)cc1.[Pd]. The van der Waals surface area contributed by atoms with Crippen molar-refractivity contribution in [2.24, 2.45) is 51.5 Å². The molecular formula is C100H138Br3N22O19PdS2-. The summed E-state index contributed by atoms with van der Waals surface area (Å²) in [5.41, 5.74) is 45.6. The Hall–Kier alpha value is -10.6. The van der Waals surface area contributed by atoms with Gasteiger partial charge in [-0.15, -0.1) is 26.6 Å². The number of nitro benzene ring substituents is 1. The number of nitrogens with two attached hydrogens (primary N) is 6. The van der Waals surface area contributed by atoms with Crippen molar-refractivity contribution in [1.29, 1.82) is 0 Å². The summed E-state index contributed by atoms with van der Waals surface area (Å²) in [5, 5.41) is 103. The van der Waals surface area contributed by atoms with Gasteiger partial charge in [-0.2, -0.15) is 0 Å². The third-order valence-corrected chi connectivity index (χ3v) is 26.2. The zero-order chi connectivity index (χ0) is 107. The summed E-state index contributed by atoms with van der Waals surface area (Å²) in [6.45, 7) is 18.0. The van der Waals surface area contributed by atoms with E-state index in [1.165, 1.54) is 49.6 Å². The van der Waals surface area contributed by atoms with Crippen LogP contribution in [-0.4, -0.2) is 260 Å². The Labute approximate surface area is 905 Å². The molecule has 3 aliphatic heterocycles. The van der Waals surface area contributed by atoms with Crippen molar-refractivity contribution in [1.82, 2.24) is 60.2 Å². The molecule has 0 unspecified atom stereocenters. The molecular weight excluding hydrogens is 2220 g/mol. The van der Waals surface area contributed by atoms with Gasteiger partial charge in [0.05, 0.1) is 147 Å². The number of amides is 4. The van der Waals surface area contributed by atoms with Gasteiger partial charge in [0.1, 0.15) is 35.8 Å². The fraction of sp³-hybridized carbons (Fsp3) is 0.470. The molecule has 3 saturated heterocycles. The van der Waals surface area contributed by atoms with Crippen molar-refractivity contribution in [2.45, 2.75) is 237 Å². The number of alkyl halides is 3. The van der Waals surface area contributed by atoms with Gasteiger partial charge in [0.15, 0.2) is 12.6 Å². The molecule has 4 amide bonds. The first-order valence-corrected chi connectivity index (χ1v) is 51.2. The number of carbonyl (C=O) groups excluding carboxylic acids is 6. The van der Waals surface area contributed by atoms with E-state index < -0.39 is 107 Å². The van der Waals surface area contributed by atoms with E-state index in [1.54, 1.807) is 153 Å². The number of hydrogen-bond donors (Lipinski definition) is 12. The minimum absolute atomic E-state index is 0. The van der Waals surface area contributed by atoms with Crippen LogP contribution in [0.25, 0.3) is 27.5 Å². The third kappa shape index (κ3) is 43.5. The Kier molecular flexibility index (Phi) is 56.7. The molecule has 7 heterocycles. The summed E-state index contributed by atoms with van der Waals surface area (Å²) < 4.78 is 42.4. The van der Waals surface area contributed by atoms with Crippen molar-refractivity contribution in [2.75, 3.05) is 49.5 Å². The summed E-state index contributed by atoms with van der Waals surface area (Å²) >= 11 is 16.2. The van der Waals surface area contributed by atoms with Gasteiger partial charge in [0.25, 0.3) is 5.69 Å².